The summed E-state index contributed by atoms with van der Waals surface area (Å²) in [7, 11) is 0. The van der Waals surface area contributed by atoms with Crippen molar-refractivity contribution in [2.24, 2.45) is 0 Å². The van der Waals surface area contributed by atoms with E-state index in [9.17, 15) is 13.6 Å². The smallest absolute Gasteiger partial charge is 0.258 e. The quantitative estimate of drug-likeness (QED) is 0.702. The van der Waals surface area contributed by atoms with E-state index in [2.05, 4.69) is 20.6 Å². The summed E-state index contributed by atoms with van der Waals surface area (Å²) in [5.41, 5.74) is 3.73. The average molecular weight is 368 g/mol. The van der Waals surface area contributed by atoms with Gasteiger partial charge in [0.25, 0.3) is 5.91 Å². The van der Waals surface area contributed by atoms with Crippen LogP contribution in [0.1, 0.15) is 27.0 Å². The van der Waals surface area contributed by atoms with Crippen molar-refractivity contribution in [1.82, 2.24) is 9.97 Å². The summed E-state index contributed by atoms with van der Waals surface area (Å²) in [4.78, 5) is 20.4. The van der Waals surface area contributed by atoms with Crippen molar-refractivity contribution >= 4 is 23.2 Å². The molecule has 0 aliphatic rings. The molecule has 0 bridgehead atoms. The number of benzene rings is 2. The van der Waals surface area contributed by atoms with Crippen molar-refractivity contribution in [2.75, 3.05) is 10.6 Å². The van der Waals surface area contributed by atoms with Gasteiger partial charge >= 0.3 is 0 Å². The summed E-state index contributed by atoms with van der Waals surface area (Å²) >= 11 is 0. The molecule has 0 fully saturated rings. The summed E-state index contributed by atoms with van der Waals surface area (Å²) in [5.74, 6) is -2.09. The molecule has 5 nitrogen and oxygen atoms in total. The molecule has 7 heteroatoms. The molecule has 0 radical (unpaired) electrons. The van der Waals surface area contributed by atoms with E-state index in [4.69, 9.17) is 0 Å². The van der Waals surface area contributed by atoms with Gasteiger partial charge in [0.2, 0.25) is 5.95 Å². The number of aromatic nitrogens is 2. The molecule has 3 rings (SSSR count). The molecule has 0 saturated carbocycles. The van der Waals surface area contributed by atoms with Crippen molar-refractivity contribution in [2.45, 2.75) is 20.8 Å². The van der Waals surface area contributed by atoms with Gasteiger partial charge in [0.15, 0.2) is 0 Å². The standard InChI is InChI=1S/C20H18F2N4O/c1-11-7-12(2)17(13(3)8-11)26-20-23-9-14(10-24-20)19(27)25-18-15(21)5-4-6-16(18)22/h4-10H,1-3H3,(H,25,27)(H,23,24,26). The van der Waals surface area contributed by atoms with Crippen molar-refractivity contribution in [3.63, 3.8) is 0 Å². The number of hydrogen-bond donors (Lipinski definition) is 2. The minimum absolute atomic E-state index is 0.0838. The van der Waals surface area contributed by atoms with Crippen molar-refractivity contribution in [3.05, 3.63) is 76.6 Å². The first-order valence-electron chi connectivity index (χ1n) is 8.27. The number of nitrogens with zero attached hydrogens (tertiary/aromatic N) is 2. The molecule has 2 N–H and O–H groups in total. The highest BCUT2D eigenvalue weighted by Gasteiger charge is 2.14. The Kier molecular flexibility index (Phi) is 5.12. The molecule has 0 atom stereocenters. The highest BCUT2D eigenvalue weighted by atomic mass is 19.1. The summed E-state index contributed by atoms with van der Waals surface area (Å²) in [5, 5.41) is 5.33. The van der Waals surface area contributed by atoms with Crippen LogP contribution in [0, 0.1) is 32.4 Å². The minimum atomic E-state index is -0.854. The molecule has 0 saturated heterocycles. The van der Waals surface area contributed by atoms with Crippen LogP contribution in [0.25, 0.3) is 0 Å². The molecule has 1 aromatic heterocycles. The lowest BCUT2D eigenvalue weighted by Crippen LogP contribution is -2.15. The number of anilines is 3. The second-order valence-corrected chi connectivity index (χ2v) is 6.24. The molecule has 3 aromatic rings. The van der Waals surface area contributed by atoms with Gasteiger partial charge in [-0.1, -0.05) is 23.8 Å². The van der Waals surface area contributed by atoms with E-state index in [-0.39, 0.29) is 5.56 Å². The monoisotopic (exact) mass is 368 g/mol. The number of hydrogen-bond acceptors (Lipinski definition) is 4. The molecule has 138 valence electrons. The molecule has 1 heterocycles. The third kappa shape index (κ3) is 4.08. The Morgan fingerprint density at radius 1 is 0.926 bits per heavy atom. The van der Waals surface area contributed by atoms with E-state index in [0.29, 0.717) is 5.95 Å². The van der Waals surface area contributed by atoms with Gasteiger partial charge < -0.3 is 10.6 Å². The zero-order valence-corrected chi connectivity index (χ0v) is 15.1. The Morgan fingerprint density at radius 2 is 1.48 bits per heavy atom. The highest BCUT2D eigenvalue weighted by molar-refractivity contribution is 6.04. The van der Waals surface area contributed by atoms with Crippen molar-refractivity contribution < 1.29 is 13.6 Å². The fourth-order valence-electron chi connectivity index (χ4n) is 2.80. The zero-order chi connectivity index (χ0) is 19.6. The molecule has 0 spiro atoms. The lowest BCUT2D eigenvalue weighted by Gasteiger charge is -2.13. The Labute approximate surface area is 155 Å². The van der Waals surface area contributed by atoms with Gasteiger partial charge in [0.1, 0.15) is 17.3 Å². The third-order valence-electron chi connectivity index (χ3n) is 4.03. The van der Waals surface area contributed by atoms with E-state index in [1.807, 2.05) is 32.9 Å². The SMILES string of the molecule is Cc1cc(C)c(Nc2ncc(C(=O)Nc3c(F)cccc3F)cn2)c(C)c1. The first-order valence-corrected chi connectivity index (χ1v) is 8.27. The fraction of sp³-hybridized carbons (Fsp3) is 0.150. The Bertz CT molecular complexity index is 960. The molecule has 1 amide bonds. The number of carbonyl (C=O) groups is 1. The Morgan fingerprint density at radius 3 is 2.04 bits per heavy atom. The molecule has 0 aliphatic heterocycles. The van der Waals surface area contributed by atoms with Crippen LogP contribution in [-0.2, 0) is 0 Å². The molecule has 0 unspecified atom stereocenters. The number of nitrogens with one attached hydrogen (secondary N) is 2. The van der Waals surface area contributed by atoms with Crippen LogP contribution in [0.4, 0.5) is 26.1 Å². The van der Waals surface area contributed by atoms with Gasteiger partial charge in [-0.2, -0.15) is 0 Å². The summed E-state index contributed by atoms with van der Waals surface area (Å²) in [6, 6.07) is 7.43. The maximum absolute atomic E-state index is 13.6. The van der Waals surface area contributed by atoms with Gasteiger partial charge in [-0.3, -0.25) is 4.79 Å². The maximum atomic E-state index is 13.6. The van der Waals surface area contributed by atoms with Crippen LogP contribution >= 0.6 is 0 Å². The van der Waals surface area contributed by atoms with Crippen LogP contribution in [0.15, 0.2) is 42.7 Å². The average Bonchev–Trinajstić information content (AvgIpc) is 2.61. The van der Waals surface area contributed by atoms with Crippen LogP contribution in [0.3, 0.4) is 0 Å². The maximum Gasteiger partial charge on any atom is 0.258 e. The lowest BCUT2D eigenvalue weighted by atomic mass is 10.1. The third-order valence-corrected chi connectivity index (χ3v) is 4.03. The molecular formula is C20H18F2N4O. The number of halogens is 2. The van der Waals surface area contributed by atoms with Crippen LogP contribution in [-0.4, -0.2) is 15.9 Å². The second-order valence-electron chi connectivity index (χ2n) is 6.24. The first-order chi connectivity index (χ1) is 12.8. The number of aryl methyl sites for hydroxylation is 3. The number of para-hydroxylation sites is 1. The van der Waals surface area contributed by atoms with Crippen molar-refractivity contribution in [3.8, 4) is 0 Å². The van der Waals surface area contributed by atoms with Gasteiger partial charge in [-0.25, -0.2) is 18.7 Å². The van der Waals surface area contributed by atoms with Crippen molar-refractivity contribution in [1.29, 1.82) is 0 Å². The topological polar surface area (TPSA) is 66.9 Å². The summed E-state index contributed by atoms with van der Waals surface area (Å²) in [6.07, 6.45) is 2.59. The fourth-order valence-corrected chi connectivity index (χ4v) is 2.80. The Balaban J connectivity index is 1.77. The predicted molar refractivity (Wildman–Crippen MR) is 100 cm³/mol. The first kappa shape index (κ1) is 18.4. The van der Waals surface area contributed by atoms with Gasteiger partial charge in [0.05, 0.1) is 5.56 Å². The lowest BCUT2D eigenvalue weighted by molar-refractivity contribution is 0.102. The van der Waals surface area contributed by atoms with E-state index in [0.717, 1.165) is 34.5 Å². The van der Waals surface area contributed by atoms with E-state index in [1.54, 1.807) is 0 Å². The van der Waals surface area contributed by atoms with E-state index < -0.39 is 23.2 Å². The molecule has 27 heavy (non-hydrogen) atoms. The number of carbonyl (C=O) groups excluding carboxylic acids is 1. The molecular weight excluding hydrogens is 350 g/mol. The predicted octanol–water partition coefficient (Wildman–Crippen LogP) is 4.68. The second kappa shape index (κ2) is 7.49. The van der Waals surface area contributed by atoms with Crippen LogP contribution in [0.5, 0.6) is 0 Å². The van der Waals surface area contributed by atoms with Gasteiger partial charge in [0, 0.05) is 18.1 Å². The summed E-state index contributed by atoms with van der Waals surface area (Å²) in [6.45, 7) is 5.98. The zero-order valence-electron chi connectivity index (χ0n) is 15.1. The normalized spacial score (nSPS) is 10.6. The van der Waals surface area contributed by atoms with Crippen LogP contribution < -0.4 is 10.6 Å². The number of rotatable bonds is 4. The molecule has 2 aromatic carbocycles. The van der Waals surface area contributed by atoms with Gasteiger partial charge in [-0.15, -0.1) is 0 Å². The van der Waals surface area contributed by atoms with Gasteiger partial charge in [-0.05, 0) is 44.0 Å². The minimum Gasteiger partial charge on any atom is -0.324 e. The summed E-state index contributed by atoms with van der Waals surface area (Å²) < 4.78 is 27.3. The molecule has 0 aliphatic carbocycles. The highest BCUT2D eigenvalue weighted by Crippen LogP contribution is 2.24. The van der Waals surface area contributed by atoms with E-state index in [1.165, 1.54) is 18.5 Å². The Hall–Kier alpha value is -3.35. The number of amides is 1. The largest absolute Gasteiger partial charge is 0.324 e. The van der Waals surface area contributed by atoms with E-state index >= 15 is 0 Å². The van der Waals surface area contributed by atoms with Crippen LogP contribution in [0.2, 0.25) is 0 Å².